The highest BCUT2D eigenvalue weighted by Crippen LogP contribution is 2.17. The van der Waals surface area contributed by atoms with E-state index in [4.69, 9.17) is 21.1 Å². The van der Waals surface area contributed by atoms with Gasteiger partial charge in [-0.15, -0.1) is 11.6 Å². The molecule has 1 aromatic heterocycles. The van der Waals surface area contributed by atoms with Crippen molar-refractivity contribution in [3.63, 3.8) is 0 Å². The van der Waals surface area contributed by atoms with Crippen LogP contribution in [0.25, 0.3) is 0 Å². The summed E-state index contributed by atoms with van der Waals surface area (Å²) >= 11 is 5.78. The smallest absolute Gasteiger partial charge is 0.218 e. The van der Waals surface area contributed by atoms with Crippen LogP contribution in [-0.4, -0.2) is 49.8 Å². The van der Waals surface area contributed by atoms with Crippen LogP contribution in [0, 0.1) is 6.92 Å². The van der Waals surface area contributed by atoms with Gasteiger partial charge in [-0.2, -0.15) is 4.98 Å². The molecule has 96 valence electrons. The maximum absolute atomic E-state index is 5.78. The van der Waals surface area contributed by atoms with Crippen molar-refractivity contribution < 1.29 is 9.47 Å². The molecule has 0 aromatic carbocycles. The molecule has 1 rings (SSSR count). The first-order valence-corrected chi connectivity index (χ1v) is 5.94. The average Bonchev–Trinajstić information content (AvgIpc) is 2.33. The summed E-state index contributed by atoms with van der Waals surface area (Å²) in [6.45, 7) is 3.91. The third-order valence-electron chi connectivity index (χ3n) is 2.25. The minimum Gasteiger partial charge on any atom is -0.481 e. The van der Waals surface area contributed by atoms with Gasteiger partial charge in [-0.3, -0.25) is 0 Å². The van der Waals surface area contributed by atoms with Gasteiger partial charge in [0.05, 0.1) is 13.7 Å². The lowest BCUT2D eigenvalue weighted by Gasteiger charge is -2.22. The zero-order valence-electron chi connectivity index (χ0n) is 10.4. The summed E-state index contributed by atoms with van der Waals surface area (Å²) in [7, 11) is 3.26. The number of halogens is 1. The lowest BCUT2D eigenvalue weighted by Crippen LogP contribution is -2.30. The van der Waals surface area contributed by atoms with E-state index in [0.717, 1.165) is 12.4 Å². The van der Waals surface area contributed by atoms with E-state index in [1.165, 1.54) is 0 Å². The maximum atomic E-state index is 5.78. The molecule has 0 spiro atoms. The summed E-state index contributed by atoms with van der Waals surface area (Å²) in [6, 6.07) is 1.80. The van der Waals surface area contributed by atoms with Crippen LogP contribution in [0.15, 0.2) is 6.07 Å². The Bertz CT molecular complexity index is 349. The molecule has 1 heterocycles. The summed E-state index contributed by atoms with van der Waals surface area (Å²) in [5.74, 6) is 2.59. The van der Waals surface area contributed by atoms with Crippen molar-refractivity contribution in [3.8, 4) is 5.88 Å². The highest BCUT2D eigenvalue weighted by Gasteiger charge is 2.10. The van der Waals surface area contributed by atoms with E-state index in [0.29, 0.717) is 30.7 Å². The highest BCUT2D eigenvalue weighted by molar-refractivity contribution is 6.18. The predicted octanol–water partition coefficient (Wildman–Crippen LogP) is 1.49. The Morgan fingerprint density at radius 1 is 1.29 bits per heavy atom. The lowest BCUT2D eigenvalue weighted by molar-refractivity contribution is 0.205. The van der Waals surface area contributed by atoms with Gasteiger partial charge in [-0.05, 0) is 6.92 Å². The number of aromatic nitrogens is 2. The number of hydrogen-bond donors (Lipinski definition) is 0. The molecule has 0 unspecified atom stereocenters. The van der Waals surface area contributed by atoms with Crippen molar-refractivity contribution in [2.45, 2.75) is 6.92 Å². The Morgan fingerprint density at radius 3 is 2.65 bits per heavy atom. The SMILES string of the molecule is COCCN(CCCl)c1cc(OC)nc(C)n1. The number of anilines is 1. The van der Waals surface area contributed by atoms with Crippen molar-refractivity contribution in [2.75, 3.05) is 44.7 Å². The van der Waals surface area contributed by atoms with Crippen molar-refractivity contribution in [1.82, 2.24) is 9.97 Å². The van der Waals surface area contributed by atoms with E-state index < -0.39 is 0 Å². The van der Waals surface area contributed by atoms with Crippen molar-refractivity contribution in [1.29, 1.82) is 0 Å². The zero-order valence-corrected chi connectivity index (χ0v) is 11.2. The van der Waals surface area contributed by atoms with Crippen LogP contribution in [0.3, 0.4) is 0 Å². The number of nitrogens with zero attached hydrogens (tertiary/aromatic N) is 3. The molecule has 0 saturated heterocycles. The molecule has 0 saturated carbocycles. The number of rotatable bonds is 7. The molecular weight excluding hydrogens is 242 g/mol. The Kier molecular flexibility index (Phi) is 6.00. The fourth-order valence-electron chi connectivity index (χ4n) is 1.44. The van der Waals surface area contributed by atoms with Gasteiger partial charge in [0.25, 0.3) is 0 Å². The first-order chi connectivity index (χ1) is 8.21. The zero-order chi connectivity index (χ0) is 12.7. The van der Waals surface area contributed by atoms with Gasteiger partial charge in [-0.1, -0.05) is 0 Å². The summed E-state index contributed by atoms with van der Waals surface area (Å²) in [4.78, 5) is 10.6. The standard InChI is InChI=1S/C11H18ClN3O2/c1-9-13-10(8-11(14-9)17-3)15(5-4-12)6-7-16-2/h8H,4-7H2,1-3H3. The number of hydrogen-bond acceptors (Lipinski definition) is 5. The van der Waals surface area contributed by atoms with Crippen molar-refractivity contribution in [3.05, 3.63) is 11.9 Å². The molecule has 17 heavy (non-hydrogen) atoms. The van der Waals surface area contributed by atoms with Gasteiger partial charge in [0, 0.05) is 32.1 Å². The Morgan fingerprint density at radius 2 is 2.06 bits per heavy atom. The predicted molar refractivity (Wildman–Crippen MR) is 68.1 cm³/mol. The van der Waals surface area contributed by atoms with Crippen LogP contribution in [-0.2, 0) is 4.74 Å². The first kappa shape index (κ1) is 14.0. The van der Waals surface area contributed by atoms with Crippen LogP contribution >= 0.6 is 11.6 Å². The molecule has 0 atom stereocenters. The minimum absolute atomic E-state index is 0.537. The lowest BCUT2D eigenvalue weighted by atomic mass is 10.4. The second kappa shape index (κ2) is 7.29. The minimum atomic E-state index is 0.537. The summed E-state index contributed by atoms with van der Waals surface area (Å²) in [5.41, 5.74) is 0. The highest BCUT2D eigenvalue weighted by atomic mass is 35.5. The van der Waals surface area contributed by atoms with Crippen LogP contribution in [0.4, 0.5) is 5.82 Å². The van der Waals surface area contributed by atoms with Crippen LogP contribution in [0.5, 0.6) is 5.88 Å². The molecule has 0 amide bonds. The molecule has 0 aliphatic rings. The number of aryl methyl sites for hydroxylation is 1. The molecule has 6 heteroatoms. The van der Waals surface area contributed by atoms with Gasteiger partial charge in [-0.25, -0.2) is 4.98 Å². The fraction of sp³-hybridized carbons (Fsp3) is 0.636. The number of methoxy groups -OCH3 is 2. The normalized spacial score (nSPS) is 10.4. The van der Waals surface area contributed by atoms with Crippen molar-refractivity contribution in [2.24, 2.45) is 0 Å². The molecule has 0 N–H and O–H groups in total. The quantitative estimate of drug-likeness (QED) is 0.695. The fourth-order valence-corrected chi connectivity index (χ4v) is 1.64. The molecular formula is C11H18ClN3O2. The van der Waals surface area contributed by atoms with Gasteiger partial charge in [0.15, 0.2) is 0 Å². The Hall–Kier alpha value is -1.07. The Balaban J connectivity index is 2.87. The molecule has 1 aromatic rings. The van der Waals surface area contributed by atoms with E-state index in [1.54, 1.807) is 20.3 Å². The molecule has 0 radical (unpaired) electrons. The van der Waals surface area contributed by atoms with E-state index >= 15 is 0 Å². The average molecular weight is 260 g/mol. The number of ether oxygens (including phenoxy) is 2. The van der Waals surface area contributed by atoms with E-state index in [2.05, 4.69) is 9.97 Å². The monoisotopic (exact) mass is 259 g/mol. The van der Waals surface area contributed by atoms with Gasteiger partial charge in [0.1, 0.15) is 11.6 Å². The van der Waals surface area contributed by atoms with Crippen LogP contribution in [0.2, 0.25) is 0 Å². The largest absolute Gasteiger partial charge is 0.481 e. The first-order valence-electron chi connectivity index (χ1n) is 5.40. The van der Waals surface area contributed by atoms with Gasteiger partial charge >= 0.3 is 0 Å². The van der Waals surface area contributed by atoms with Gasteiger partial charge < -0.3 is 14.4 Å². The molecule has 0 bridgehead atoms. The second-order valence-electron chi connectivity index (χ2n) is 3.48. The summed E-state index contributed by atoms with van der Waals surface area (Å²) in [6.07, 6.45) is 0. The summed E-state index contributed by atoms with van der Waals surface area (Å²) < 4.78 is 10.2. The molecule has 0 fully saturated rings. The topological polar surface area (TPSA) is 47.5 Å². The second-order valence-corrected chi connectivity index (χ2v) is 3.86. The van der Waals surface area contributed by atoms with E-state index in [-0.39, 0.29) is 0 Å². The Labute approximate surface area is 107 Å². The van der Waals surface area contributed by atoms with Crippen molar-refractivity contribution >= 4 is 17.4 Å². The summed E-state index contributed by atoms with van der Waals surface area (Å²) in [5, 5.41) is 0. The molecule has 0 aliphatic carbocycles. The van der Waals surface area contributed by atoms with Crippen LogP contribution < -0.4 is 9.64 Å². The third-order valence-corrected chi connectivity index (χ3v) is 2.42. The van der Waals surface area contributed by atoms with E-state index in [1.807, 2.05) is 11.8 Å². The van der Waals surface area contributed by atoms with Crippen LogP contribution in [0.1, 0.15) is 5.82 Å². The van der Waals surface area contributed by atoms with E-state index in [9.17, 15) is 0 Å². The number of alkyl halides is 1. The maximum Gasteiger partial charge on any atom is 0.218 e. The molecule has 5 nitrogen and oxygen atoms in total. The van der Waals surface area contributed by atoms with Gasteiger partial charge in [0.2, 0.25) is 5.88 Å². The molecule has 0 aliphatic heterocycles. The third kappa shape index (κ3) is 4.36.